The van der Waals surface area contributed by atoms with Gasteiger partial charge < -0.3 is 15.3 Å². The number of aliphatic hydroxyl groups excluding tert-OH is 1. The number of nitrogens with one attached hydrogen (secondary N) is 1. The number of anilines is 1. The van der Waals surface area contributed by atoms with Crippen molar-refractivity contribution in [2.75, 3.05) is 18.5 Å². The molecule has 19 heavy (non-hydrogen) atoms. The molecule has 1 atom stereocenters. The van der Waals surface area contributed by atoms with Crippen LogP contribution in [0.2, 0.25) is 0 Å². The van der Waals surface area contributed by atoms with Gasteiger partial charge in [-0.15, -0.1) is 0 Å². The minimum Gasteiger partial charge on any atom is -0.394 e. The molecular formula is C15H22N2OS. The molecule has 0 radical (unpaired) electrons. The topological polar surface area (TPSA) is 35.5 Å². The Hall–Kier alpha value is -1.13. The van der Waals surface area contributed by atoms with Crippen LogP contribution in [0.5, 0.6) is 0 Å². The Morgan fingerprint density at radius 3 is 2.95 bits per heavy atom. The number of hydrogen-bond acceptors (Lipinski definition) is 2. The highest BCUT2D eigenvalue weighted by atomic mass is 32.1. The number of benzene rings is 1. The summed E-state index contributed by atoms with van der Waals surface area (Å²) in [7, 11) is 0. The van der Waals surface area contributed by atoms with E-state index in [-0.39, 0.29) is 12.6 Å². The van der Waals surface area contributed by atoms with Crippen LogP contribution in [0.3, 0.4) is 0 Å². The lowest BCUT2D eigenvalue weighted by molar-refractivity contribution is 0.149. The normalized spacial score (nSPS) is 19.3. The van der Waals surface area contributed by atoms with Gasteiger partial charge in [-0.1, -0.05) is 12.1 Å². The number of aryl methyl sites for hydroxylation is 2. The molecule has 2 N–H and O–H groups in total. The third kappa shape index (κ3) is 3.45. The molecular weight excluding hydrogens is 256 g/mol. The van der Waals surface area contributed by atoms with Crippen LogP contribution in [0.4, 0.5) is 5.69 Å². The summed E-state index contributed by atoms with van der Waals surface area (Å²) in [6.45, 7) is 5.26. The van der Waals surface area contributed by atoms with E-state index in [1.165, 1.54) is 17.5 Å². The van der Waals surface area contributed by atoms with E-state index in [9.17, 15) is 5.11 Å². The molecule has 1 fully saturated rings. The average Bonchev–Trinajstić information content (AvgIpc) is 2.42. The van der Waals surface area contributed by atoms with Gasteiger partial charge in [-0.3, -0.25) is 0 Å². The molecule has 1 heterocycles. The van der Waals surface area contributed by atoms with Crippen molar-refractivity contribution in [1.29, 1.82) is 0 Å². The second-order valence-electron chi connectivity index (χ2n) is 5.27. The van der Waals surface area contributed by atoms with Crippen LogP contribution < -0.4 is 5.32 Å². The van der Waals surface area contributed by atoms with Gasteiger partial charge in [-0.25, -0.2) is 0 Å². The highest BCUT2D eigenvalue weighted by Gasteiger charge is 2.23. The van der Waals surface area contributed by atoms with E-state index in [4.69, 9.17) is 12.2 Å². The van der Waals surface area contributed by atoms with Crippen molar-refractivity contribution in [1.82, 2.24) is 4.90 Å². The van der Waals surface area contributed by atoms with Crippen LogP contribution >= 0.6 is 12.2 Å². The molecule has 1 saturated heterocycles. The van der Waals surface area contributed by atoms with Gasteiger partial charge in [0.2, 0.25) is 0 Å². The Morgan fingerprint density at radius 1 is 1.42 bits per heavy atom. The maximum atomic E-state index is 9.45. The maximum absolute atomic E-state index is 9.45. The molecule has 104 valence electrons. The number of aliphatic hydroxyl groups is 1. The zero-order chi connectivity index (χ0) is 13.8. The molecule has 2 rings (SSSR count). The molecule has 0 saturated carbocycles. The van der Waals surface area contributed by atoms with Gasteiger partial charge in [-0.05, 0) is 62.5 Å². The minimum atomic E-state index is 0.166. The third-order valence-corrected chi connectivity index (χ3v) is 4.07. The zero-order valence-corrected chi connectivity index (χ0v) is 12.5. The van der Waals surface area contributed by atoms with Gasteiger partial charge >= 0.3 is 0 Å². The average molecular weight is 278 g/mol. The van der Waals surface area contributed by atoms with Crippen molar-refractivity contribution < 1.29 is 5.11 Å². The molecule has 1 aromatic carbocycles. The summed E-state index contributed by atoms with van der Waals surface area (Å²) in [4.78, 5) is 2.13. The smallest absolute Gasteiger partial charge is 0.173 e. The predicted molar refractivity (Wildman–Crippen MR) is 83.6 cm³/mol. The van der Waals surface area contributed by atoms with E-state index in [0.717, 1.165) is 30.2 Å². The number of likely N-dealkylation sites (tertiary alicyclic amines) is 1. The predicted octanol–water partition coefficient (Wildman–Crippen LogP) is 2.85. The van der Waals surface area contributed by atoms with Gasteiger partial charge in [0.15, 0.2) is 5.11 Å². The van der Waals surface area contributed by atoms with Crippen molar-refractivity contribution in [2.45, 2.75) is 39.2 Å². The monoisotopic (exact) mass is 278 g/mol. The van der Waals surface area contributed by atoms with Gasteiger partial charge in [-0.2, -0.15) is 0 Å². The Balaban J connectivity index is 2.09. The SMILES string of the molecule is Cc1ccc(C)c(NC(=S)N2CCCC[C@@H]2CO)c1. The van der Waals surface area contributed by atoms with Crippen molar-refractivity contribution in [2.24, 2.45) is 0 Å². The summed E-state index contributed by atoms with van der Waals surface area (Å²) in [5, 5.41) is 13.5. The number of thiocarbonyl (C=S) groups is 1. The van der Waals surface area contributed by atoms with Crippen LogP contribution in [-0.4, -0.2) is 34.3 Å². The van der Waals surface area contributed by atoms with E-state index in [1.54, 1.807) is 0 Å². The summed E-state index contributed by atoms with van der Waals surface area (Å²) < 4.78 is 0. The van der Waals surface area contributed by atoms with Gasteiger partial charge in [0, 0.05) is 12.2 Å². The molecule has 0 spiro atoms. The molecule has 1 aliphatic heterocycles. The van der Waals surface area contributed by atoms with Gasteiger partial charge in [0.1, 0.15) is 0 Å². The molecule has 0 aliphatic carbocycles. The molecule has 4 heteroatoms. The van der Waals surface area contributed by atoms with Crippen molar-refractivity contribution in [3.8, 4) is 0 Å². The third-order valence-electron chi connectivity index (χ3n) is 3.73. The summed E-state index contributed by atoms with van der Waals surface area (Å²) in [5.41, 5.74) is 3.46. The molecule has 0 amide bonds. The Bertz CT molecular complexity index is 461. The summed E-state index contributed by atoms with van der Waals surface area (Å²) >= 11 is 5.51. The highest BCUT2D eigenvalue weighted by molar-refractivity contribution is 7.80. The molecule has 1 aliphatic rings. The van der Waals surface area contributed by atoms with Crippen LogP contribution in [0.1, 0.15) is 30.4 Å². The summed E-state index contributed by atoms with van der Waals surface area (Å²) in [5.74, 6) is 0. The van der Waals surface area contributed by atoms with Crippen LogP contribution in [0.15, 0.2) is 18.2 Å². The number of hydrogen-bond donors (Lipinski definition) is 2. The fourth-order valence-corrected chi connectivity index (χ4v) is 2.87. The van der Waals surface area contributed by atoms with Gasteiger partial charge in [0.05, 0.1) is 12.6 Å². The summed E-state index contributed by atoms with van der Waals surface area (Å²) in [6.07, 6.45) is 3.34. The van der Waals surface area contributed by atoms with Crippen molar-refractivity contribution in [3.05, 3.63) is 29.3 Å². The van der Waals surface area contributed by atoms with Crippen molar-refractivity contribution in [3.63, 3.8) is 0 Å². The van der Waals surface area contributed by atoms with Crippen LogP contribution in [-0.2, 0) is 0 Å². The largest absolute Gasteiger partial charge is 0.394 e. The minimum absolute atomic E-state index is 0.166. The molecule has 0 bridgehead atoms. The molecule has 0 unspecified atom stereocenters. The van der Waals surface area contributed by atoms with Crippen molar-refractivity contribution >= 4 is 23.0 Å². The van der Waals surface area contributed by atoms with E-state index >= 15 is 0 Å². The zero-order valence-electron chi connectivity index (χ0n) is 11.6. The fourth-order valence-electron chi connectivity index (χ4n) is 2.52. The molecule has 0 aromatic heterocycles. The Kier molecular flexibility index (Phi) is 4.77. The van der Waals surface area contributed by atoms with E-state index in [0.29, 0.717) is 0 Å². The van der Waals surface area contributed by atoms with Crippen LogP contribution in [0.25, 0.3) is 0 Å². The maximum Gasteiger partial charge on any atom is 0.173 e. The second kappa shape index (κ2) is 6.35. The number of piperidine rings is 1. The first kappa shape index (κ1) is 14.3. The first-order chi connectivity index (χ1) is 9.11. The Labute approximate surface area is 120 Å². The lowest BCUT2D eigenvalue weighted by atomic mass is 10.0. The number of rotatable bonds is 2. The standard InChI is InChI=1S/C15H22N2OS/c1-11-6-7-12(2)14(9-11)16-15(19)17-8-4-3-5-13(17)10-18/h6-7,9,13,18H,3-5,8,10H2,1-2H3,(H,16,19)/t13-/m1/s1. The van der Waals surface area contributed by atoms with E-state index in [2.05, 4.69) is 42.3 Å². The Morgan fingerprint density at radius 2 is 2.21 bits per heavy atom. The quantitative estimate of drug-likeness (QED) is 0.816. The number of nitrogens with zero attached hydrogens (tertiary/aromatic N) is 1. The highest BCUT2D eigenvalue weighted by Crippen LogP contribution is 2.21. The second-order valence-corrected chi connectivity index (χ2v) is 5.66. The van der Waals surface area contributed by atoms with Crippen LogP contribution in [0, 0.1) is 13.8 Å². The van der Waals surface area contributed by atoms with E-state index in [1.807, 2.05) is 0 Å². The van der Waals surface area contributed by atoms with Gasteiger partial charge in [0.25, 0.3) is 0 Å². The summed E-state index contributed by atoms with van der Waals surface area (Å²) in [6, 6.07) is 6.47. The molecule has 1 aromatic rings. The lowest BCUT2D eigenvalue weighted by Crippen LogP contribution is -2.47. The fraction of sp³-hybridized carbons (Fsp3) is 0.533. The van der Waals surface area contributed by atoms with E-state index < -0.39 is 0 Å². The lowest BCUT2D eigenvalue weighted by Gasteiger charge is -2.36. The first-order valence-corrected chi connectivity index (χ1v) is 7.28. The molecule has 3 nitrogen and oxygen atoms in total. The first-order valence-electron chi connectivity index (χ1n) is 6.87.